The topological polar surface area (TPSA) is 66.5 Å². The van der Waals surface area contributed by atoms with E-state index >= 15 is 0 Å². The van der Waals surface area contributed by atoms with E-state index in [2.05, 4.69) is 5.32 Å². The predicted octanol–water partition coefficient (Wildman–Crippen LogP) is 2.37. The maximum absolute atomic E-state index is 13.7. The van der Waals surface area contributed by atoms with Crippen molar-refractivity contribution in [3.8, 4) is 0 Å². The number of imide groups is 1. The summed E-state index contributed by atoms with van der Waals surface area (Å²) in [6.07, 6.45) is 4.77. The zero-order valence-corrected chi connectivity index (χ0v) is 12.8. The Bertz CT molecular complexity index is 693. The van der Waals surface area contributed by atoms with Crippen LogP contribution in [0.15, 0.2) is 30.4 Å². The molecule has 1 aliphatic carbocycles. The standard InChI is InChI=1S/C16H14ClFN2O3/c17-9-5-6-13(12(18)7-9)19-14(21)8-20-15(22)10-3-1-2-4-11(10)16(20)23/h1-2,5-7,10-11H,3-4,8H2,(H,19,21)/t10-,11-/m0/s1. The van der Waals surface area contributed by atoms with Crippen molar-refractivity contribution in [2.75, 3.05) is 11.9 Å². The zero-order valence-electron chi connectivity index (χ0n) is 12.1. The number of carbonyl (C=O) groups excluding carboxylic acids is 3. The predicted molar refractivity (Wildman–Crippen MR) is 82.1 cm³/mol. The van der Waals surface area contributed by atoms with Crippen LogP contribution in [0.3, 0.4) is 0 Å². The fourth-order valence-corrected chi connectivity index (χ4v) is 3.11. The van der Waals surface area contributed by atoms with Gasteiger partial charge in [0.2, 0.25) is 17.7 Å². The molecule has 0 spiro atoms. The van der Waals surface area contributed by atoms with Crippen LogP contribution in [0.5, 0.6) is 0 Å². The summed E-state index contributed by atoms with van der Waals surface area (Å²) in [7, 11) is 0. The van der Waals surface area contributed by atoms with Crippen molar-refractivity contribution >= 4 is 35.0 Å². The number of fused-ring (bicyclic) bond motifs is 1. The van der Waals surface area contributed by atoms with E-state index in [9.17, 15) is 18.8 Å². The Labute approximate surface area is 137 Å². The van der Waals surface area contributed by atoms with Gasteiger partial charge >= 0.3 is 0 Å². The Morgan fingerprint density at radius 2 is 1.83 bits per heavy atom. The summed E-state index contributed by atoms with van der Waals surface area (Å²) in [5.41, 5.74) is -0.0439. The maximum Gasteiger partial charge on any atom is 0.244 e. The number of amides is 3. The molecule has 0 unspecified atom stereocenters. The van der Waals surface area contributed by atoms with Gasteiger partial charge in [0.15, 0.2) is 0 Å². The number of nitrogens with one attached hydrogen (secondary N) is 1. The molecule has 1 aromatic rings. The maximum atomic E-state index is 13.7. The quantitative estimate of drug-likeness (QED) is 0.680. The van der Waals surface area contributed by atoms with Crippen molar-refractivity contribution in [1.82, 2.24) is 4.90 Å². The van der Waals surface area contributed by atoms with Gasteiger partial charge in [0.25, 0.3) is 0 Å². The number of benzene rings is 1. The lowest BCUT2D eigenvalue weighted by Crippen LogP contribution is -2.38. The monoisotopic (exact) mass is 336 g/mol. The number of anilines is 1. The van der Waals surface area contributed by atoms with Crippen molar-refractivity contribution in [2.45, 2.75) is 12.8 Å². The molecule has 2 aliphatic rings. The van der Waals surface area contributed by atoms with Gasteiger partial charge in [-0.05, 0) is 31.0 Å². The van der Waals surface area contributed by atoms with E-state index in [0.29, 0.717) is 12.8 Å². The van der Waals surface area contributed by atoms with E-state index in [0.717, 1.165) is 11.0 Å². The molecular weight excluding hydrogens is 323 g/mol. The molecule has 3 rings (SSSR count). The number of rotatable bonds is 3. The van der Waals surface area contributed by atoms with Crippen molar-refractivity contribution in [3.05, 3.63) is 41.2 Å². The van der Waals surface area contributed by atoms with Crippen LogP contribution in [0.4, 0.5) is 10.1 Å². The van der Waals surface area contributed by atoms with E-state index in [1.54, 1.807) is 0 Å². The fourth-order valence-electron chi connectivity index (χ4n) is 2.95. The van der Waals surface area contributed by atoms with E-state index in [1.807, 2.05) is 12.2 Å². The Kier molecular flexibility index (Phi) is 4.17. The molecule has 3 amide bonds. The molecule has 1 aliphatic heterocycles. The minimum atomic E-state index is -0.678. The molecule has 120 valence electrons. The molecular formula is C16H14ClFN2O3. The Balaban J connectivity index is 1.68. The first-order valence-electron chi connectivity index (χ1n) is 7.22. The van der Waals surface area contributed by atoms with Crippen LogP contribution >= 0.6 is 11.6 Å². The number of hydrogen-bond acceptors (Lipinski definition) is 3. The second kappa shape index (κ2) is 6.12. The van der Waals surface area contributed by atoms with E-state index < -0.39 is 18.3 Å². The van der Waals surface area contributed by atoms with Crippen molar-refractivity contribution < 1.29 is 18.8 Å². The molecule has 1 fully saturated rings. The fraction of sp³-hybridized carbons (Fsp3) is 0.312. The average molecular weight is 337 g/mol. The molecule has 0 saturated carbocycles. The lowest BCUT2D eigenvalue weighted by molar-refractivity contribution is -0.142. The van der Waals surface area contributed by atoms with Crippen LogP contribution in [0, 0.1) is 17.7 Å². The Morgan fingerprint density at radius 1 is 1.22 bits per heavy atom. The van der Waals surface area contributed by atoms with E-state index in [1.165, 1.54) is 12.1 Å². The molecule has 1 aromatic carbocycles. The third-order valence-electron chi connectivity index (χ3n) is 4.11. The summed E-state index contributed by atoms with van der Waals surface area (Å²) in [5.74, 6) is -2.74. The molecule has 0 bridgehead atoms. The van der Waals surface area contributed by atoms with Gasteiger partial charge in [0.1, 0.15) is 12.4 Å². The van der Waals surface area contributed by atoms with E-state index in [-0.39, 0.29) is 34.4 Å². The lowest BCUT2D eigenvalue weighted by atomic mass is 9.85. The van der Waals surface area contributed by atoms with Gasteiger partial charge in [-0.3, -0.25) is 19.3 Å². The number of allylic oxidation sites excluding steroid dienone is 2. The van der Waals surface area contributed by atoms with Crippen LogP contribution in [0.25, 0.3) is 0 Å². The van der Waals surface area contributed by atoms with Gasteiger partial charge < -0.3 is 5.32 Å². The van der Waals surface area contributed by atoms with Crippen LogP contribution in [0.1, 0.15) is 12.8 Å². The normalized spacial score (nSPS) is 23.1. The number of likely N-dealkylation sites (tertiary alicyclic amines) is 1. The molecule has 23 heavy (non-hydrogen) atoms. The molecule has 0 radical (unpaired) electrons. The number of nitrogens with zero attached hydrogens (tertiary/aromatic N) is 1. The van der Waals surface area contributed by atoms with Gasteiger partial charge in [-0.2, -0.15) is 0 Å². The zero-order chi connectivity index (χ0) is 16.6. The minimum absolute atomic E-state index is 0.0439. The van der Waals surface area contributed by atoms with Gasteiger partial charge in [-0.15, -0.1) is 0 Å². The highest BCUT2D eigenvalue weighted by Gasteiger charge is 2.47. The van der Waals surface area contributed by atoms with Crippen molar-refractivity contribution in [2.24, 2.45) is 11.8 Å². The van der Waals surface area contributed by atoms with Gasteiger partial charge in [0.05, 0.1) is 17.5 Å². The number of hydrogen-bond donors (Lipinski definition) is 1. The summed E-state index contributed by atoms with van der Waals surface area (Å²) in [4.78, 5) is 37.5. The van der Waals surface area contributed by atoms with Crippen LogP contribution in [0.2, 0.25) is 5.02 Å². The highest BCUT2D eigenvalue weighted by Crippen LogP contribution is 2.34. The minimum Gasteiger partial charge on any atom is -0.322 e. The van der Waals surface area contributed by atoms with E-state index in [4.69, 9.17) is 11.6 Å². The Morgan fingerprint density at radius 3 is 2.39 bits per heavy atom. The highest BCUT2D eigenvalue weighted by molar-refractivity contribution is 6.30. The first-order chi connectivity index (χ1) is 11.0. The van der Waals surface area contributed by atoms with Crippen molar-refractivity contribution in [3.63, 3.8) is 0 Å². The first kappa shape index (κ1) is 15.7. The third-order valence-corrected chi connectivity index (χ3v) is 4.34. The molecule has 5 nitrogen and oxygen atoms in total. The summed E-state index contributed by atoms with van der Waals surface area (Å²) in [6.45, 7) is -0.410. The van der Waals surface area contributed by atoms with Gasteiger partial charge in [-0.1, -0.05) is 23.8 Å². The molecule has 7 heteroatoms. The largest absolute Gasteiger partial charge is 0.322 e. The van der Waals surface area contributed by atoms with Gasteiger partial charge in [0, 0.05) is 5.02 Å². The SMILES string of the molecule is O=C(CN1C(=O)[C@H]2CC=CC[C@@H]2C1=O)Nc1ccc(Cl)cc1F. The summed E-state index contributed by atoms with van der Waals surface area (Å²) >= 11 is 5.64. The van der Waals surface area contributed by atoms with Crippen LogP contribution < -0.4 is 5.32 Å². The molecule has 1 saturated heterocycles. The second-order valence-corrected chi connectivity index (χ2v) is 6.03. The average Bonchev–Trinajstić information content (AvgIpc) is 2.76. The Hall–Kier alpha value is -2.21. The lowest BCUT2D eigenvalue weighted by Gasteiger charge is -2.14. The number of halogens is 2. The summed E-state index contributed by atoms with van der Waals surface area (Å²) < 4.78 is 13.7. The number of carbonyl (C=O) groups is 3. The molecule has 0 aromatic heterocycles. The summed E-state index contributed by atoms with van der Waals surface area (Å²) in [6, 6.07) is 3.84. The van der Waals surface area contributed by atoms with Crippen LogP contribution in [-0.2, 0) is 14.4 Å². The molecule has 1 heterocycles. The second-order valence-electron chi connectivity index (χ2n) is 5.59. The summed E-state index contributed by atoms with van der Waals surface area (Å²) in [5, 5.41) is 2.56. The van der Waals surface area contributed by atoms with Crippen LogP contribution in [-0.4, -0.2) is 29.2 Å². The first-order valence-corrected chi connectivity index (χ1v) is 7.60. The smallest absolute Gasteiger partial charge is 0.244 e. The molecule has 2 atom stereocenters. The third kappa shape index (κ3) is 2.99. The molecule has 1 N–H and O–H groups in total. The highest BCUT2D eigenvalue weighted by atomic mass is 35.5. The van der Waals surface area contributed by atoms with Crippen molar-refractivity contribution in [1.29, 1.82) is 0 Å². The van der Waals surface area contributed by atoms with Gasteiger partial charge in [-0.25, -0.2) is 4.39 Å².